The van der Waals surface area contributed by atoms with Gasteiger partial charge in [0.2, 0.25) is 5.91 Å². The molecule has 1 aliphatic carbocycles. The standard InChI is InChI=1S/C13H25NO2S/c1-12(2,3)10(4-7-15)14-11(16)8-13(9-17)5-6-13/h10,15,17H,4-9H2,1-3H3,(H,14,16). The molecule has 1 unspecified atom stereocenters. The van der Waals surface area contributed by atoms with E-state index in [1.807, 2.05) is 0 Å². The summed E-state index contributed by atoms with van der Waals surface area (Å²) in [6, 6.07) is 0.0377. The van der Waals surface area contributed by atoms with Crippen molar-refractivity contribution in [3.8, 4) is 0 Å². The van der Waals surface area contributed by atoms with Crippen molar-refractivity contribution in [2.45, 2.75) is 52.5 Å². The van der Waals surface area contributed by atoms with Gasteiger partial charge in [-0.05, 0) is 35.8 Å². The number of amides is 1. The average molecular weight is 259 g/mol. The van der Waals surface area contributed by atoms with Crippen molar-refractivity contribution in [2.75, 3.05) is 12.4 Å². The highest BCUT2D eigenvalue weighted by atomic mass is 32.1. The van der Waals surface area contributed by atoms with Gasteiger partial charge >= 0.3 is 0 Å². The molecule has 1 atom stereocenters. The highest BCUT2D eigenvalue weighted by molar-refractivity contribution is 7.80. The van der Waals surface area contributed by atoms with Crippen LogP contribution in [-0.4, -0.2) is 29.4 Å². The molecule has 1 rings (SSSR count). The molecule has 0 spiro atoms. The molecule has 17 heavy (non-hydrogen) atoms. The maximum Gasteiger partial charge on any atom is 0.220 e. The van der Waals surface area contributed by atoms with E-state index in [9.17, 15) is 4.79 Å². The number of rotatable bonds is 6. The summed E-state index contributed by atoms with van der Waals surface area (Å²) in [5.41, 5.74) is 0.144. The van der Waals surface area contributed by atoms with Crippen molar-refractivity contribution in [2.24, 2.45) is 10.8 Å². The molecule has 2 N–H and O–H groups in total. The fraction of sp³-hybridized carbons (Fsp3) is 0.923. The smallest absolute Gasteiger partial charge is 0.220 e. The number of carbonyl (C=O) groups is 1. The lowest BCUT2D eigenvalue weighted by molar-refractivity contribution is -0.123. The average Bonchev–Trinajstić information content (AvgIpc) is 2.96. The maximum absolute atomic E-state index is 12.0. The topological polar surface area (TPSA) is 49.3 Å². The van der Waals surface area contributed by atoms with E-state index in [2.05, 4.69) is 38.7 Å². The lowest BCUT2D eigenvalue weighted by atomic mass is 9.84. The van der Waals surface area contributed by atoms with Gasteiger partial charge in [0.1, 0.15) is 0 Å². The number of aliphatic hydroxyl groups excluding tert-OH is 1. The molecule has 0 heterocycles. The Bertz CT molecular complexity index is 269. The minimum Gasteiger partial charge on any atom is -0.396 e. The van der Waals surface area contributed by atoms with Crippen LogP contribution in [0, 0.1) is 10.8 Å². The van der Waals surface area contributed by atoms with Crippen molar-refractivity contribution >= 4 is 18.5 Å². The zero-order chi connectivity index (χ0) is 13.1. The third-order valence-corrected chi connectivity index (χ3v) is 4.30. The first-order chi connectivity index (χ1) is 7.83. The Morgan fingerprint density at radius 2 is 2.06 bits per heavy atom. The van der Waals surface area contributed by atoms with Crippen molar-refractivity contribution in [3.63, 3.8) is 0 Å². The summed E-state index contributed by atoms with van der Waals surface area (Å²) in [7, 11) is 0. The highest BCUT2D eigenvalue weighted by Crippen LogP contribution is 2.49. The molecule has 0 aromatic carbocycles. The van der Waals surface area contributed by atoms with E-state index in [0.29, 0.717) is 12.8 Å². The number of carbonyl (C=O) groups excluding carboxylic acids is 1. The van der Waals surface area contributed by atoms with E-state index in [1.54, 1.807) is 0 Å². The van der Waals surface area contributed by atoms with E-state index in [1.165, 1.54) is 0 Å². The second-order valence-corrected chi connectivity index (χ2v) is 6.65. The summed E-state index contributed by atoms with van der Waals surface area (Å²) < 4.78 is 0. The van der Waals surface area contributed by atoms with Crippen LogP contribution >= 0.6 is 12.6 Å². The second-order valence-electron chi connectivity index (χ2n) is 6.33. The number of hydrogen-bond donors (Lipinski definition) is 3. The first-order valence-corrected chi connectivity index (χ1v) is 6.97. The lowest BCUT2D eigenvalue weighted by Gasteiger charge is -2.31. The Morgan fingerprint density at radius 1 is 1.47 bits per heavy atom. The predicted octanol–water partition coefficient (Wildman–Crippen LogP) is 2.00. The van der Waals surface area contributed by atoms with Gasteiger partial charge in [-0.25, -0.2) is 0 Å². The van der Waals surface area contributed by atoms with Crippen molar-refractivity contribution < 1.29 is 9.90 Å². The monoisotopic (exact) mass is 259 g/mol. The predicted molar refractivity (Wildman–Crippen MR) is 73.2 cm³/mol. The van der Waals surface area contributed by atoms with Gasteiger partial charge < -0.3 is 10.4 Å². The van der Waals surface area contributed by atoms with Crippen LogP contribution in [-0.2, 0) is 4.79 Å². The quantitative estimate of drug-likeness (QED) is 0.639. The van der Waals surface area contributed by atoms with E-state index >= 15 is 0 Å². The van der Waals surface area contributed by atoms with Crippen LogP contribution in [0.2, 0.25) is 0 Å². The van der Waals surface area contributed by atoms with Crippen LogP contribution in [0.15, 0.2) is 0 Å². The third kappa shape index (κ3) is 4.51. The van der Waals surface area contributed by atoms with Crippen LogP contribution < -0.4 is 5.32 Å². The van der Waals surface area contributed by atoms with E-state index in [0.717, 1.165) is 18.6 Å². The molecule has 4 heteroatoms. The molecule has 0 radical (unpaired) electrons. The molecule has 1 saturated carbocycles. The highest BCUT2D eigenvalue weighted by Gasteiger charge is 2.43. The molecule has 100 valence electrons. The summed E-state index contributed by atoms with van der Waals surface area (Å²) in [4.78, 5) is 12.0. The Morgan fingerprint density at radius 3 is 2.41 bits per heavy atom. The number of thiol groups is 1. The first-order valence-electron chi connectivity index (χ1n) is 6.34. The number of hydrogen-bond acceptors (Lipinski definition) is 3. The van der Waals surface area contributed by atoms with E-state index in [-0.39, 0.29) is 29.4 Å². The minimum absolute atomic E-state index is 0.0178. The molecule has 1 aliphatic rings. The molecule has 0 saturated heterocycles. The van der Waals surface area contributed by atoms with Crippen LogP contribution in [0.1, 0.15) is 46.5 Å². The molecular weight excluding hydrogens is 234 g/mol. The van der Waals surface area contributed by atoms with Crippen LogP contribution in [0.5, 0.6) is 0 Å². The molecule has 0 aromatic heterocycles. The van der Waals surface area contributed by atoms with Crippen molar-refractivity contribution in [1.29, 1.82) is 0 Å². The summed E-state index contributed by atoms with van der Waals surface area (Å²) >= 11 is 4.31. The van der Waals surface area contributed by atoms with Crippen molar-refractivity contribution in [3.05, 3.63) is 0 Å². The maximum atomic E-state index is 12.0. The second kappa shape index (κ2) is 5.61. The zero-order valence-corrected chi connectivity index (χ0v) is 12.0. The minimum atomic E-state index is -0.0178. The van der Waals surface area contributed by atoms with Crippen LogP contribution in [0.25, 0.3) is 0 Å². The van der Waals surface area contributed by atoms with E-state index < -0.39 is 0 Å². The van der Waals surface area contributed by atoms with Gasteiger partial charge in [-0.3, -0.25) is 4.79 Å². The SMILES string of the molecule is CC(C)(C)C(CCO)NC(=O)CC1(CS)CC1. The van der Waals surface area contributed by atoms with Gasteiger partial charge in [0.15, 0.2) is 0 Å². The molecular formula is C13H25NO2S. The summed E-state index contributed by atoms with van der Waals surface area (Å²) in [6.07, 6.45) is 3.42. The Hall–Kier alpha value is -0.220. The third-order valence-electron chi connectivity index (χ3n) is 3.63. The number of nitrogens with one attached hydrogen (secondary N) is 1. The number of aliphatic hydroxyl groups is 1. The summed E-state index contributed by atoms with van der Waals surface area (Å²) in [6.45, 7) is 6.36. The van der Waals surface area contributed by atoms with Crippen LogP contribution in [0.4, 0.5) is 0 Å². The van der Waals surface area contributed by atoms with Gasteiger partial charge in [-0.15, -0.1) is 0 Å². The van der Waals surface area contributed by atoms with Gasteiger partial charge in [-0.2, -0.15) is 12.6 Å². The van der Waals surface area contributed by atoms with Crippen molar-refractivity contribution in [1.82, 2.24) is 5.32 Å². The van der Waals surface area contributed by atoms with Gasteiger partial charge in [0.25, 0.3) is 0 Å². The summed E-state index contributed by atoms with van der Waals surface area (Å²) in [5.74, 6) is 0.894. The molecule has 0 aromatic rings. The van der Waals surface area contributed by atoms with Crippen LogP contribution in [0.3, 0.4) is 0 Å². The molecule has 0 bridgehead atoms. The molecule has 1 amide bonds. The largest absolute Gasteiger partial charge is 0.396 e. The Labute approximate surface area is 110 Å². The van der Waals surface area contributed by atoms with Gasteiger partial charge in [0, 0.05) is 19.1 Å². The summed E-state index contributed by atoms with van der Waals surface area (Å²) in [5, 5.41) is 12.1. The van der Waals surface area contributed by atoms with Gasteiger partial charge in [-0.1, -0.05) is 20.8 Å². The molecule has 3 nitrogen and oxygen atoms in total. The Kier molecular flexibility index (Phi) is 4.90. The van der Waals surface area contributed by atoms with Gasteiger partial charge in [0.05, 0.1) is 0 Å². The first kappa shape index (κ1) is 14.8. The molecule has 0 aliphatic heterocycles. The fourth-order valence-electron chi connectivity index (χ4n) is 2.00. The Balaban J connectivity index is 2.47. The molecule has 1 fully saturated rings. The normalized spacial score (nSPS) is 19.8. The lowest BCUT2D eigenvalue weighted by Crippen LogP contribution is -2.45. The fourth-order valence-corrected chi connectivity index (χ4v) is 2.43. The van der Waals surface area contributed by atoms with E-state index in [4.69, 9.17) is 5.11 Å². The zero-order valence-electron chi connectivity index (χ0n) is 11.1.